The van der Waals surface area contributed by atoms with Crippen molar-refractivity contribution in [3.8, 4) is 22.5 Å². The standard InChI is InChI=1S/C18H13Cl2N3O/c1-11(24)21-18-22-16(12-2-6-14(19)7-3-12)10-17(23-18)13-4-8-15(20)9-5-13/h2-10H,1H3,(H,21,22,23,24). The Morgan fingerprint density at radius 3 is 1.62 bits per heavy atom. The summed E-state index contributed by atoms with van der Waals surface area (Å²) in [6.07, 6.45) is 0. The van der Waals surface area contributed by atoms with Crippen molar-refractivity contribution in [2.45, 2.75) is 6.92 Å². The zero-order chi connectivity index (χ0) is 17.1. The first-order chi connectivity index (χ1) is 11.5. The molecule has 1 heterocycles. The summed E-state index contributed by atoms with van der Waals surface area (Å²) in [4.78, 5) is 20.2. The molecule has 4 nitrogen and oxygen atoms in total. The highest BCUT2D eigenvalue weighted by molar-refractivity contribution is 6.30. The van der Waals surface area contributed by atoms with Gasteiger partial charge in [-0.3, -0.25) is 10.1 Å². The highest BCUT2D eigenvalue weighted by Gasteiger charge is 2.10. The molecular weight excluding hydrogens is 345 g/mol. The van der Waals surface area contributed by atoms with Crippen LogP contribution in [0.25, 0.3) is 22.5 Å². The molecule has 0 saturated carbocycles. The molecule has 0 aliphatic rings. The molecule has 0 spiro atoms. The van der Waals surface area contributed by atoms with Crippen LogP contribution < -0.4 is 5.32 Å². The number of carbonyl (C=O) groups is 1. The highest BCUT2D eigenvalue weighted by Crippen LogP contribution is 2.27. The number of halogens is 2. The van der Waals surface area contributed by atoms with Gasteiger partial charge in [0.15, 0.2) is 0 Å². The van der Waals surface area contributed by atoms with E-state index in [0.29, 0.717) is 21.4 Å². The number of hydrogen-bond donors (Lipinski definition) is 1. The molecule has 0 saturated heterocycles. The summed E-state index contributed by atoms with van der Waals surface area (Å²) in [5, 5.41) is 3.93. The van der Waals surface area contributed by atoms with Gasteiger partial charge < -0.3 is 0 Å². The summed E-state index contributed by atoms with van der Waals surface area (Å²) in [6, 6.07) is 16.5. The Bertz CT molecular complexity index is 814. The van der Waals surface area contributed by atoms with E-state index < -0.39 is 0 Å². The van der Waals surface area contributed by atoms with Gasteiger partial charge in [0.1, 0.15) is 0 Å². The Morgan fingerprint density at radius 1 is 0.833 bits per heavy atom. The van der Waals surface area contributed by atoms with Crippen molar-refractivity contribution < 1.29 is 4.79 Å². The van der Waals surface area contributed by atoms with Crippen LogP contribution in [0.1, 0.15) is 6.92 Å². The lowest BCUT2D eigenvalue weighted by Crippen LogP contribution is -2.10. The molecule has 3 aromatic rings. The predicted molar refractivity (Wildman–Crippen MR) is 97.2 cm³/mol. The minimum absolute atomic E-state index is 0.231. The molecule has 1 aromatic heterocycles. The third-order valence-corrected chi connectivity index (χ3v) is 3.80. The van der Waals surface area contributed by atoms with Crippen LogP contribution in [0.15, 0.2) is 54.6 Å². The number of anilines is 1. The molecular formula is C18H13Cl2N3O. The van der Waals surface area contributed by atoms with E-state index in [-0.39, 0.29) is 11.9 Å². The SMILES string of the molecule is CC(=O)Nc1nc(-c2ccc(Cl)cc2)cc(-c2ccc(Cl)cc2)n1. The van der Waals surface area contributed by atoms with E-state index in [1.807, 2.05) is 30.3 Å². The summed E-state index contributed by atoms with van der Waals surface area (Å²) in [5.41, 5.74) is 3.14. The van der Waals surface area contributed by atoms with E-state index in [4.69, 9.17) is 23.2 Å². The normalized spacial score (nSPS) is 10.5. The summed E-state index contributed by atoms with van der Waals surface area (Å²) >= 11 is 11.9. The second-order valence-electron chi connectivity index (χ2n) is 5.16. The number of amides is 1. The Balaban J connectivity index is 2.11. The lowest BCUT2D eigenvalue weighted by molar-refractivity contribution is -0.114. The molecule has 0 atom stereocenters. The zero-order valence-electron chi connectivity index (χ0n) is 12.8. The van der Waals surface area contributed by atoms with E-state index in [9.17, 15) is 4.79 Å². The maximum atomic E-state index is 11.4. The van der Waals surface area contributed by atoms with Crippen molar-refractivity contribution in [3.05, 3.63) is 64.6 Å². The van der Waals surface area contributed by atoms with Crippen LogP contribution >= 0.6 is 23.2 Å². The monoisotopic (exact) mass is 357 g/mol. The minimum atomic E-state index is -0.231. The van der Waals surface area contributed by atoms with Gasteiger partial charge in [0, 0.05) is 28.1 Å². The van der Waals surface area contributed by atoms with Gasteiger partial charge >= 0.3 is 0 Å². The fourth-order valence-corrected chi connectivity index (χ4v) is 2.45. The van der Waals surface area contributed by atoms with Gasteiger partial charge in [-0.1, -0.05) is 47.5 Å². The van der Waals surface area contributed by atoms with E-state index in [2.05, 4.69) is 15.3 Å². The first-order valence-corrected chi connectivity index (χ1v) is 7.95. The first-order valence-electron chi connectivity index (χ1n) is 7.20. The van der Waals surface area contributed by atoms with Crippen molar-refractivity contribution in [3.63, 3.8) is 0 Å². The van der Waals surface area contributed by atoms with Crippen LogP contribution in [-0.2, 0) is 4.79 Å². The van der Waals surface area contributed by atoms with Gasteiger partial charge in [-0.15, -0.1) is 0 Å². The number of aromatic nitrogens is 2. The smallest absolute Gasteiger partial charge is 0.230 e. The van der Waals surface area contributed by atoms with E-state index in [1.165, 1.54) is 6.92 Å². The van der Waals surface area contributed by atoms with Gasteiger partial charge in [-0.05, 0) is 30.3 Å². The second-order valence-corrected chi connectivity index (χ2v) is 6.03. The Morgan fingerprint density at radius 2 is 1.25 bits per heavy atom. The highest BCUT2D eigenvalue weighted by atomic mass is 35.5. The summed E-state index contributed by atoms with van der Waals surface area (Å²) in [7, 11) is 0. The van der Waals surface area contributed by atoms with Crippen LogP contribution in [0.2, 0.25) is 10.0 Å². The predicted octanol–water partition coefficient (Wildman–Crippen LogP) is 5.08. The molecule has 0 unspecified atom stereocenters. The molecule has 0 aliphatic heterocycles. The Kier molecular flexibility index (Phi) is 4.79. The van der Waals surface area contributed by atoms with Crippen molar-refractivity contribution in [1.82, 2.24) is 9.97 Å². The van der Waals surface area contributed by atoms with E-state index in [1.54, 1.807) is 24.3 Å². The maximum absolute atomic E-state index is 11.4. The number of nitrogens with one attached hydrogen (secondary N) is 1. The number of hydrogen-bond acceptors (Lipinski definition) is 3. The average Bonchev–Trinajstić information content (AvgIpc) is 2.55. The van der Waals surface area contributed by atoms with Crippen LogP contribution in [0, 0.1) is 0 Å². The second kappa shape index (κ2) is 6.99. The molecule has 120 valence electrons. The maximum Gasteiger partial charge on any atom is 0.230 e. The quantitative estimate of drug-likeness (QED) is 0.711. The zero-order valence-corrected chi connectivity index (χ0v) is 14.3. The topological polar surface area (TPSA) is 54.9 Å². The summed E-state index contributed by atoms with van der Waals surface area (Å²) in [6.45, 7) is 1.42. The molecule has 24 heavy (non-hydrogen) atoms. The molecule has 0 radical (unpaired) electrons. The lowest BCUT2D eigenvalue weighted by Gasteiger charge is -2.09. The van der Waals surface area contributed by atoms with Gasteiger partial charge in [0.2, 0.25) is 11.9 Å². The van der Waals surface area contributed by atoms with Crippen LogP contribution in [-0.4, -0.2) is 15.9 Å². The largest absolute Gasteiger partial charge is 0.295 e. The summed E-state index contributed by atoms with van der Waals surface area (Å²) in [5.74, 6) is 0.0187. The van der Waals surface area contributed by atoms with E-state index >= 15 is 0 Å². The van der Waals surface area contributed by atoms with Crippen LogP contribution in [0.4, 0.5) is 5.95 Å². The van der Waals surface area contributed by atoms with Gasteiger partial charge in [-0.25, -0.2) is 9.97 Å². The number of carbonyl (C=O) groups excluding carboxylic acids is 1. The van der Waals surface area contributed by atoms with Crippen molar-refractivity contribution in [2.75, 3.05) is 5.32 Å². The fourth-order valence-electron chi connectivity index (χ4n) is 2.20. The van der Waals surface area contributed by atoms with Gasteiger partial charge in [-0.2, -0.15) is 0 Å². The molecule has 2 aromatic carbocycles. The minimum Gasteiger partial charge on any atom is -0.295 e. The lowest BCUT2D eigenvalue weighted by atomic mass is 10.1. The molecule has 0 bridgehead atoms. The molecule has 1 N–H and O–H groups in total. The van der Waals surface area contributed by atoms with Crippen molar-refractivity contribution in [2.24, 2.45) is 0 Å². The molecule has 0 aliphatic carbocycles. The summed E-state index contributed by atoms with van der Waals surface area (Å²) < 4.78 is 0. The van der Waals surface area contributed by atoms with E-state index in [0.717, 1.165) is 11.1 Å². The Hall–Kier alpha value is -2.43. The number of nitrogens with zero attached hydrogens (tertiary/aromatic N) is 2. The third kappa shape index (κ3) is 3.91. The Labute approximate surface area is 149 Å². The molecule has 1 amide bonds. The third-order valence-electron chi connectivity index (χ3n) is 3.29. The van der Waals surface area contributed by atoms with Crippen LogP contribution in [0.3, 0.4) is 0 Å². The molecule has 3 rings (SSSR count). The first kappa shape index (κ1) is 16.4. The van der Waals surface area contributed by atoms with Gasteiger partial charge in [0.05, 0.1) is 11.4 Å². The molecule has 6 heteroatoms. The molecule has 0 fully saturated rings. The van der Waals surface area contributed by atoms with Crippen molar-refractivity contribution >= 4 is 35.1 Å². The average molecular weight is 358 g/mol. The van der Waals surface area contributed by atoms with Gasteiger partial charge in [0.25, 0.3) is 0 Å². The fraction of sp³-hybridized carbons (Fsp3) is 0.0556. The number of benzene rings is 2. The van der Waals surface area contributed by atoms with Crippen molar-refractivity contribution in [1.29, 1.82) is 0 Å². The van der Waals surface area contributed by atoms with Crippen LogP contribution in [0.5, 0.6) is 0 Å². The number of rotatable bonds is 3.